The molecule has 0 radical (unpaired) electrons. The van der Waals surface area contributed by atoms with Crippen molar-refractivity contribution in [2.24, 2.45) is 0 Å². The van der Waals surface area contributed by atoms with Gasteiger partial charge in [0, 0.05) is 18.4 Å². The first-order valence-corrected chi connectivity index (χ1v) is 6.29. The van der Waals surface area contributed by atoms with Gasteiger partial charge < -0.3 is 5.32 Å². The maximum atomic E-state index is 11.4. The van der Waals surface area contributed by atoms with Gasteiger partial charge in [0.25, 0.3) is 0 Å². The minimum absolute atomic E-state index is 0.254. The number of thioether (sulfide) groups is 1. The van der Waals surface area contributed by atoms with Crippen molar-refractivity contribution in [3.63, 3.8) is 0 Å². The average Bonchev–Trinajstić information content (AvgIpc) is 2.61. The van der Waals surface area contributed by atoms with Gasteiger partial charge in [-0.15, -0.1) is 0 Å². The quantitative estimate of drug-likeness (QED) is 0.760. The van der Waals surface area contributed by atoms with E-state index in [1.54, 1.807) is 24.8 Å². The Morgan fingerprint density at radius 1 is 1.62 bits per heavy atom. The molecule has 0 fully saturated rings. The predicted molar refractivity (Wildman–Crippen MR) is 65.2 cm³/mol. The van der Waals surface area contributed by atoms with Gasteiger partial charge in [-0.25, -0.2) is 19.3 Å². The predicted octanol–water partition coefficient (Wildman–Crippen LogP) is 0.501. The third-order valence-electron chi connectivity index (χ3n) is 2.18. The van der Waals surface area contributed by atoms with Gasteiger partial charge in [0.1, 0.15) is 11.6 Å². The van der Waals surface area contributed by atoms with Gasteiger partial charge >= 0.3 is 5.69 Å². The second-order valence-corrected chi connectivity index (χ2v) is 4.32. The maximum absolute atomic E-state index is 11.4. The summed E-state index contributed by atoms with van der Waals surface area (Å²) in [6.07, 6.45) is 2.05. The molecular formula is C9H13N5OS. The number of aromatic amines is 1. The van der Waals surface area contributed by atoms with Gasteiger partial charge in [-0.1, -0.05) is 0 Å². The van der Waals surface area contributed by atoms with E-state index in [0.717, 1.165) is 18.1 Å². The molecule has 0 aliphatic carbocycles. The number of rotatable bonds is 4. The van der Waals surface area contributed by atoms with Gasteiger partial charge in [0.15, 0.2) is 5.65 Å². The van der Waals surface area contributed by atoms with E-state index >= 15 is 0 Å². The van der Waals surface area contributed by atoms with Crippen LogP contribution in [0.15, 0.2) is 10.9 Å². The smallest absolute Gasteiger partial charge is 0.349 e. The molecule has 0 bridgehead atoms. The lowest BCUT2D eigenvalue weighted by molar-refractivity contribution is 0.934. The van der Waals surface area contributed by atoms with E-state index < -0.39 is 0 Å². The summed E-state index contributed by atoms with van der Waals surface area (Å²) in [5, 5.41) is 9.49. The Morgan fingerprint density at radius 2 is 2.44 bits per heavy atom. The first-order chi connectivity index (χ1) is 7.72. The van der Waals surface area contributed by atoms with E-state index in [9.17, 15) is 4.79 Å². The summed E-state index contributed by atoms with van der Waals surface area (Å²) in [4.78, 5) is 15.6. The fourth-order valence-electron chi connectivity index (χ4n) is 1.47. The molecule has 7 heteroatoms. The van der Waals surface area contributed by atoms with Crippen molar-refractivity contribution in [1.29, 1.82) is 0 Å². The van der Waals surface area contributed by atoms with E-state index in [1.165, 1.54) is 4.40 Å². The number of aromatic nitrogens is 4. The van der Waals surface area contributed by atoms with E-state index in [2.05, 4.69) is 26.8 Å². The lowest BCUT2D eigenvalue weighted by Gasteiger charge is -2.05. The zero-order chi connectivity index (χ0) is 11.5. The lowest BCUT2D eigenvalue weighted by Crippen LogP contribution is -2.14. The Kier molecular flexibility index (Phi) is 3.14. The van der Waals surface area contributed by atoms with E-state index in [-0.39, 0.29) is 5.69 Å². The Hall–Kier alpha value is -1.50. The van der Waals surface area contributed by atoms with Gasteiger partial charge in [0.2, 0.25) is 0 Å². The average molecular weight is 239 g/mol. The normalized spacial score (nSPS) is 10.9. The fraction of sp³-hybridized carbons (Fsp3) is 0.444. The summed E-state index contributed by atoms with van der Waals surface area (Å²) in [5.74, 6) is 2.39. The van der Waals surface area contributed by atoms with Crippen LogP contribution in [0.25, 0.3) is 5.65 Å². The van der Waals surface area contributed by atoms with E-state index in [1.807, 2.05) is 0 Å². The molecule has 0 saturated heterocycles. The van der Waals surface area contributed by atoms with Crippen molar-refractivity contribution in [1.82, 2.24) is 19.6 Å². The van der Waals surface area contributed by atoms with Gasteiger partial charge in [-0.05, 0) is 13.2 Å². The molecule has 16 heavy (non-hydrogen) atoms. The number of fused-ring (bicyclic) bond motifs is 1. The third kappa shape index (κ3) is 2.04. The first kappa shape index (κ1) is 11.0. The molecule has 0 spiro atoms. The zero-order valence-electron chi connectivity index (χ0n) is 9.15. The Balaban J connectivity index is 2.32. The van der Waals surface area contributed by atoms with Crippen LogP contribution in [0, 0.1) is 6.92 Å². The molecule has 86 valence electrons. The summed E-state index contributed by atoms with van der Waals surface area (Å²) >= 11 is 1.77. The maximum Gasteiger partial charge on any atom is 0.349 e. The van der Waals surface area contributed by atoms with Crippen molar-refractivity contribution in [2.45, 2.75) is 6.92 Å². The van der Waals surface area contributed by atoms with Crippen LogP contribution in [0.4, 0.5) is 5.82 Å². The van der Waals surface area contributed by atoms with Crippen LogP contribution in [0.3, 0.4) is 0 Å². The van der Waals surface area contributed by atoms with Crippen molar-refractivity contribution in [3.8, 4) is 0 Å². The molecule has 0 aliphatic rings. The van der Waals surface area contributed by atoms with Crippen molar-refractivity contribution in [2.75, 3.05) is 23.9 Å². The molecule has 0 aliphatic heterocycles. The van der Waals surface area contributed by atoms with Crippen LogP contribution in [0.2, 0.25) is 0 Å². The second-order valence-electron chi connectivity index (χ2n) is 3.33. The highest BCUT2D eigenvalue weighted by Crippen LogP contribution is 2.07. The number of anilines is 1. The number of H-pyrrole nitrogens is 1. The summed E-state index contributed by atoms with van der Waals surface area (Å²) in [7, 11) is 0. The molecule has 0 saturated carbocycles. The molecule has 2 N–H and O–H groups in total. The summed E-state index contributed by atoms with van der Waals surface area (Å²) in [6, 6.07) is 1.76. The Labute approximate surface area is 96.5 Å². The molecule has 2 aromatic heterocycles. The Bertz CT molecular complexity index is 546. The molecule has 0 amide bonds. The number of hydrogen-bond donors (Lipinski definition) is 2. The fourth-order valence-corrected chi connectivity index (χ4v) is 1.78. The molecule has 2 rings (SSSR count). The third-order valence-corrected chi connectivity index (χ3v) is 2.79. The minimum Gasteiger partial charge on any atom is -0.369 e. The van der Waals surface area contributed by atoms with E-state index in [4.69, 9.17) is 0 Å². The molecule has 6 nitrogen and oxygen atoms in total. The van der Waals surface area contributed by atoms with Gasteiger partial charge in [-0.3, -0.25) is 0 Å². The van der Waals surface area contributed by atoms with Crippen LogP contribution in [0.5, 0.6) is 0 Å². The highest BCUT2D eigenvalue weighted by molar-refractivity contribution is 7.98. The zero-order valence-corrected chi connectivity index (χ0v) is 9.97. The minimum atomic E-state index is -0.254. The highest BCUT2D eigenvalue weighted by Gasteiger charge is 2.05. The SMILES string of the molecule is CSCCNc1cc2n[nH]c(=O)n2c(C)n1. The van der Waals surface area contributed by atoms with Crippen LogP contribution >= 0.6 is 11.8 Å². The van der Waals surface area contributed by atoms with Gasteiger partial charge in [-0.2, -0.15) is 16.9 Å². The lowest BCUT2D eigenvalue weighted by atomic mass is 10.5. The van der Waals surface area contributed by atoms with Crippen molar-refractivity contribution < 1.29 is 0 Å². The summed E-state index contributed by atoms with van der Waals surface area (Å²) < 4.78 is 1.44. The topological polar surface area (TPSA) is 75.1 Å². The first-order valence-electron chi connectivity index (χ1n) is 4.90. The van der Waals surface area contributed by atoms with E-state index in [0.29, 0.717) is 11.5 Å². The molecule has 2 heterocycles. The number of aryl methyl sites for hydroxylation is 1. The largest absolute Gasteiger partial charge is 0.369 e. The standard InChI is InChI=1S/C9H13N5OS/c1-6-11-7(10-3-4-16-2)5-8-12-13-9(15)14(6)8/h5,10H,3-4H2,1-2H3,(H,13,15). The van der Waals surface area contributed by atoms with Crippen LogP contribution in [-0.2, 0) is 0 Å². The second kappa shape index (κ2) is 4.56. The van der Waals surface area contributed by atoms with Crippen LogP contribution in [0.1, 0.15) is 5.82 Å². The monoisotopic (exact) mass is 239 g/mol. The number of nitrogens with one attached hydrogen (secondary N) is 2. The van der Waals surface area contributed by atoms with Crippen LogP contribution in [-0.4, -0.2) is 38.1 Å². The molecule has 0 aromatic carbocycles. The molecule has 0 atom stereocenters. The number of nitrogens with zero attached hydrogens (tertiary/aromatic N) is 3. The molecular weight excluding hydrogens is 226 g/mol. The molecule has 2 aromatic rings. The van der Waals surface area contributed by atoms with Crippen molar-refractivity contribution in [3.05, 3.63) is 22.4 Å². The molecule has 0 unspecified atom stereocenters. The summed E-state index contributed by atoms with van der Waals surface area (Å²) in [5.41, 5.74) is 0.333. The number of hydrogen-bond acceptors (Lipinski definition) is 5. The highest BCUT2D eigenvalue weighted by atomic mass is 32.2. The Morgan fingerprint density at radius 3 is 3.19 bits per heavy atom. The van der Waals surface area contributed by atoms with Crippen LogP contribution < -0.4 is 11.0 Å². The summed E-state index contributed by atoms with van der Waals surface area (Å²) in [6.45, 7) is 2.63. The van der Waals surface area contributed by atoms with Gasteiger partial charge in [0.05, 0.1) is 0 Å². The van der Waals surface area contributed by atoms with Crippen molar-refractivity contribution >= 4 is 23.2 Å².